The lowest BCUT2D eigenvalue weighted by atomic mass is 9.86. The first-order chi connectivity index (χ1) is 5.72. The molecule has 0 amide bonds. The molecule has 2 N–H and O–H groups in total. The Morgan fingerprint density at radius 3 is 2.83 bits per heavy atom. The minimum atomic E-state index is 0.168. The molecule has 1 atom stereocenters. The molecule has 1 rings (SSSR count). The maximum atomic E-state index is 8.94. The summed E-state index contributed by atoms with van der Waals surface area (Å²) in [4.78, 5) is 2.33. The topological polar surface area (TPSA) is 35.5 Å². The van der Waals surface area contributed by atoms with Crippen LogP contribution in [0, 0.1) is 0 Å². The van der Waals surface area contributed by atoms with Crippen molar-refractivity contribution in [1.29, 1.82) is 0 Å². The summed E-state index contributed by atoms with van der Waals surface area (Å²) in [7, 11) is 4.14. The standard InChI is InChI=1S/C9H20N2O/c1-10-9(5-7-12)4-3-6-11(2)8-9/h10,12H,3-8H2,1-2H3. The van der Waals surface area contributed by atoms with Gasteiger partial charge in [-0.05, 0) is 39.9 Å². The van der Waals surface area contributed by atoms with Gasteiger partial charge in [0.05, 0.1) is 0 Å². The van der Waals surface area contributed by atoms with Crippen LogP contribution >= 0.6 is 0 Å². The smallest absolute Gasteiger partial charge is 0.0449 e. The van der Waals surface area contributed by atoms with Gasteiger partial charge in [0.25, 0.3) is 0 Å². The SMILES string of the molecule is CNC1(CCO)CCCN(C)C1. The average Bonchev–Trinajstić information content (AvgIpc) is 2.05. The number of piperidine rings is 1. The molecule has 1 heterocycles. The highest BCUT2D eigenvalue weighted by Gasteiger charge is 2.31. The number of nitrogens with zero attached hydrogens (tertiary/aromatic N) is 1. The molecule has 1 aliphatic rings. The van der Waals surface area contributed by atoms with Gasteiger partial charge < -0.3 is 15.3 Å². The van der Waals surface area contributed by atoms with Crippen LogP contribution in [0.4, 0.5) is 0 Å². The second kappa shape index (κ2) is 4.21. The first-order valence-electron chi connectivity index (χ1n) is 4.71. The van der Waals surface area contributed by atoms with Crippen molar-refractivity contribution in [1.82, 2.24) is 10.2 Å². The van der Waals surface area contributed by atoms with Gasteiger partial charge in [-0.15, -0.1) is 0 Å². The van der Waals surface area contributed by atoms with Crippen LogP contribution in [0.2, 0.25) is 0 Å². The van der Waals surface area contributed by atoms with Gasteiger partial charge in [0.2, 0.25) is 0 Å². The lowest BCUT2D eigenvalue weighted by Gasteiger charge is -2.41. The lowest BCUT2D eigenvalue weighted by molar-refractivity contribution is 0.119. The molecule has 0 aliphatic carbocycles. The normalized spacial score (nSPS) is 32.2. The molecule has 0 aromatic heterocycles. The average molecular weight is 172 g/mol. The van der Waals surface area contributed by atoms with Crippen molar-refractivity contribution in [3.63, 3.8) is 0 Å². The van der Waals surface area contributed by atoms with Gasteiger partial charge in [0.1, 0.15) is 0 Å². The Kier molecular flexibility index (Phi) is 3.50. The van der Waals surface area contributed by atoms with E-state index in [9.17, 15) is 0 Å². The molecule has 3 nitrogen and oxygen atoms in total. The van der Waals surface area contributed by atoms with Crippen LogP contribution in [-0.2, 0) is 0 Å². The molecule has 1 saturated heterocycles. The van der Waals surface area contributed by atoms with E-state index in [-0.39, 0.29) is 12.1 Å². The van der Waals surface area contributed by atoms with Crippen LogP contribution in [-0.4, -0.2) is 49.3 Å². The van der Waals surface area contributed by atoms with Gasteiger partial charge in [0, 0.05) is 18.7 Å². The fourth-order valence-corrected chi connectivity index (χ4v) is 2.11. The van der Waals surface area contributed by atoms with Crippen molar-refractivity contribution in [3.05, 3.63) is 0 Å². The van der Waals surface area contributed by atoms with Crippen molar-refractivity contribution in [2.45, 2.75) is 24.8 Å². The second-order valence-corrected chi connectivity index (χ2v) is 3.85. The number of hydrogen-bond donors (Lipinski definition) is 2. The van der Waals surface area contributed by atoms with Crippen molar-refractivity contribution < 1.29 is 5.11 Å². The Labute approximate surface area is 74.8 Å². The van der Waals surface area contributed by atoms with Gasteiger partial charge in [-0.3, -0.25) is 0 Å². The molecule has 0 bridgehead atoms. The van der Waals surface area contributed by atoms with E-state index in [0.717, 1.165) is 13.0 Å². The molecule has 0 aromatic carbocycles. The third-order valence-electron chi connectivity index (χ3n) is 2.89. The van der Waals surface area contributed by atoms with E-state index in [1.165, 1.54) is 19.4 Å². The van der Waals surface area contributed by atoms with Crippen LogP contribution in [0.5, 0.6) is 0 Å². The first-order valence-corrected chi connectivity index (χ1v) is 4.71. The number of aliphatic hydroxyl groups excluding tert-OH is 1. The predicted molar refractivity (Wildman–Crippen MR) is 50.2 cm³/mol. The summed E-state index contributed by atoms with van der Waals surface area (Å²) in [6, 6.07) is 0. The molecular weight excluding hydrogens is 152 g/mol. The van der Waals surface area contributed by atoms with Crippen LogP contribution < -0.4 is 5.32 Å². The maximum Gasteiger partial charge on any atom is 0.0449 e. The van der Waals surface area contributed by atoms with E-state index in [4.69, 9.17) is 5.11 Å². The van der Waals surface area contributed by atoms with Crippen molar-refractivity contribution >= 4 is 0 Å². The van der Waals surface area contributed by atoms with Gasteiger partial charge in [-0.25, -0.2) is 0 Å². The van der Waals surface area contributed by atoms with E-state index in [2.05, 4.69) is 17.3 Å². The molecule has 0 spiro atoms. The summed E-state index contributed by atoms with van der Waals surface area (Å²) in [6.07, 6.45) is 3.29. The monoisotopic (exact) mass is 172 g/mol. The lowest BCUT2D eigenvalue weighted by Crippen LogP contribution is -2.55. The summed E-state index contributed by atoms with van der Waals surface area (Å²) in [5.74, 6) is 0. The van der Waals surface area contributed by atoms with E-state index < -0.39 is 0 Å². The summed E-state index contributed by atoms with van der Waals surface area (Å²) in [5.41, 5.74) is 0.168. The van der Waals surface area contributed by atoms with Crippen LogP contribution in [0.1, 0.15) is 19.3 Å². The number of likely N-dealkylation sites (N-methyl/N-ethyl adjacent to an activating group) is 2. The van der Waals surface area contributed by atoms with E-state index >= 15 is 0 Å². The predicted octanol–water partition coefficient (Wildman–Crippen LogP) is 0.0526. The molecule has 12 heavy (non-hydrogen) atoms. The Morgan fingerprint density at radius 1 is 1.58 bits per heavy atom. The van der Waals surface area contributed by atoms with E-state index in [1.807, 2.05) is 7.05 Å². The maximum absolute atomic E-state index is 8.94. The summed E-state index contributed by atoms with van der Waals surface area (Å²) >= 11 is 0. The number of rotatable bonds is 3. The number of hydrogen-bond acceptors (Lipinski definition) is 3. The number of aliphatic hydroxyl groups is 1. The van der Waals surface area contributed by atoms with Crippen LogP contribution in [0.3, 0.4) is 0 Å². The first kappa shape index (κ1) is 9.96. The highest BCUT2D eigenvalue weighted by atomic mass is 16.3. The highest BCUT2D eigenvalue weighted by molar-refractivity contribution is 4.92. The van der Waals surface area contributed by atoms with E-state index in [1.54, 1.807) is 0 Å². The largest absolute Gasteiger partial charge is 0.396 e. The van der Waals surface area contributed by atoms with Gasteiger partial charge in [-0.2, -0.15) is 0 Å². The molecule has 0 saturated carbocycles. The zero-order valence-corrected chi connectivity index (χ0v) is 8.14. The summed E-state index contributed by atoms with van der Waals surface area (Å²) in [6.45, 7) is 2.54. The summed E-state index contributed by atoms with van der Waals surface area (Å²) < 4.78 is 0. The van der Waals surface area contributed by atoms with Crippen LogP contribution in [0.25, 0.3) is 0 Å². The Balaban J connectivity index is 2.51. The van der Waals surface area contributed by atoms with E-state index in [0.29, 0.717) is 0 Å². The Bertz CT molecular complexity index is 136. The van der Waals surface area contributed by atoms with Gasteiger partial charge in [0.15, 0.2) is 0 Å². The third-order valence-corrected chi connectivity index (χ3v) is 2.89. The Hall–Kier alpha value is -0.120. The van der Waals surface area contributed by atoms with Crippen molar-refractivity contribution in [3.8, 4) is 0 Å². The van der Waals surface area contributed by atoms with Gasteiger partial charge in [-0.1, -0.05) is 0 Å². The number of likely N-dealkylation sites (tertiary alicyclic amines) is 1. The third kappa shape index (κ3) is 2.19. The molecule has 1 aliphatic heterocycles. The zero-order valence-electron chi connectivity index (χ0n) is 8.14. The molecule has 1 unspecified atom stereocenters. The summed E-state index contributed by atoms with van der Waals surface area (Å²) in [5, 5.41) is 12.3. The van der Waals surface area contributed by atoms with Crippen LogP contribution in [0.15, 0.2) is 0 Å². The quantitative estimate of drug-likeness (QED) is 0.631. The minimum absolute atomic E-state index is 0.168. The fourth-order valence-electron chi connectivity index (χ4n) is 2.11. The zero-order chi connectivity index (χ0) is 9.03. The molecular formula is C9H20N2O. The highest BCUT2D eigenvalue weighted by Crippen LogP contribution is 2.22. The minimum Gasteiger partial charge on any atom is -0.396 e. The fraction of sp³-hybridized carbons (Fsp3) is 1.00. The molecule has 3 heteroatoms. The van der Waals surface area contributed by atoms with Crippen molar-refractivity contribution in [2.75, 3.05) is 33.8 Å². The van der Waals surface area contributed by atoms with Crippen molar-refractivity contribution in [2.24, 2.45) is 0 Å². The molecule has 0 aromatic rings. The Morgan fingerprint density at radius 2 is 2.33 bits per heavy atom. The number of nitrogens with one attached hydrogen (secondary N) is 1. The molecule has 0 radical (unpaired) electrons. The molecule has 1 fully saturated rings. The van der Waals surface area contributed by atoms with Gasteiger partial charge >= 0.3 is 0 Å². The molecule has 72 valence electrons. The second-order valence-electron chi connectivity index (χ2n) is 3.85.